The lowest BCUT2D eigenvalue weighted by Gasteiger charge is -1.94. The summed E-state index contributed by atoms with van der Waals surface area (Å²) < 4.78 is 0. The lowest BCUT2D eigenvalue weighted by molar-refractivity contribution is -0.481. The molecule has 14 heavy (non-hydrogen) atoms. The molecule has 0 saturated heterocycles. The first-order valence-electron chi connectivity index (χ1n) is 4.08. The number of hydrogen-bond acceptors (Lipinski definition) is 4. The molecule has 0 saturated carbocycles. The average Bonchev–Trinajstić information content (AvgIpc) is 2.39. The standard InChI is InChI=1S/C9H7N3O2/c13-12(14)7-5-10-8-3-1-2-4-9(8)11-6-7/h1-7H. The highest BCUT2D eigenvalue weighted by Crippen LogP contribution is 2.27. The minimum atomic E-state index is -0.928. The lowest BCUT2D eigenvalue weighted by Crippen LogP contribution is -2.21. The van der Waals surface area contributed by atoms with Crippen LogP contribution in [0.15, 0.2) is 34.3 Å². The van der Waals surface area contributed by atoms with Crippen molar-refractivity contribution in [2.24, 2.45) is 9.98 Å². The van der Waals surface area contributed by atoms with E-state index in [1.165, 1.54) is 12.4 Å². The number of para-hydroxylation sites is 2. The van der Waals surface area contributed by atoms with E-state index in [0.29, 0.717) is 11.4 Å². The predicted molar refractivity (Wildman–Crippen MR) is 53.5 cm³/mol. The molecule has 0 atom stereocenters. The quantitative estimate of drug-likeness (QED) is 0.498. The Morgan fingerprint density at radius 3 is 2.07 bits per heavy atom. The third kappa shape index (κ3) is 1.52. The van der Waals surface area contributed by atoms with E-state index in [4.69, 9.17) is 0 Å². The summed E-state index contributed by atoms with van der Waals surface area (Å²) in [5.74, 6) is 0. The van der Waals surface area contributed by atoms with Crippen LogP contribution in [0.3, 0.4) is 0 Å². The second-order valence-corrected chi connectivity index (χ2v) is 2.82. The molecule has 70 valence electrons. The molecule has 1 heterocycles. The summed E-state index contributed by atoms with van der Waals surface area (Å²) in [6, 6.07) is 6.25. The van der Waals surface area contributed by atoms with Crippen molar-refractivity contribution < 1.29 is 4.92 Å². The van der Waals surface area contributed by atoms with E-state index in [0.717, 1.165) is 0 Å². The minimum absolute atomic E-state index is 0.432. The van der Waals surface area contributed by atoms with E-state index in [-0.39, 0.29) is 0 Å². The number of nitrogens with zero attached hydrogens (tertiary/aromatic N) is 3. The van der Waals surface area contributed by atoms with Crippen LogP contribution >= 0.6 is 0 Å². The Labute approximate surface area is 80.0 Å². The molecule has 2 rings (SSSR count). The number of rotatable bonds is 1. The number of benzene rings is 1. The highest BCUT2D eigenvalue weighted by atomic mass is 16.6. The normalized spacial score (nSPS) is 14.9. The first-order chi connectivity index (χ1) is 6.77. The molecule has 0 fully saturated rings. The fourth-order valence-electron chi connectivity index (χ4n) is 1.14. The Morgan fingerprint density at radius 2 is 1.64 bits per heavy atom. The van der Waals surface area contributed by atoms with E-state index < -0.39 is 11.0 Å². The van der Waals surface area contributed by atoms with Crippen LogP contribution in [0, 0.1) is 10.1 Å². The van der Waals surface area contributed by atoms with E-state index >= 15 is 0 Å². The Balaban J connectivity index is 2.42. The molecule has 5 heteroatoms. The molecule has 0 aromatic heterocycles. The summed E-state index contributed by atoms with van der Waals surface area (Å²) in [6.07, 6.45) is 2.57. The maximum absolute atomic E-state index is 10.5. The average molecular weight is 189 g/mol. The van der Waals surface area contributed by atoms with Crippen LogP contribution in [0.2, 0.25) is 0 Å². The van der Waals surface area contributed by atoms with Crippen molar-refractivity contribution in [1.82, 2.24) is 0 Å². The fraction of sp³-hybridized carbons (Fsp3) is 0.111. The van der Waals surface area contributed by atoms with Crippen molar-refractivity contribution in [1.29, 1.82) is 0 Å². The highest BCUT2D eigenvalue weighted by molar-refractivity contribution is 5.92. The van der Waals surface area contributed by atoms with E-state index in [1.54, 1.807) is 12.1 Å². The summed E-state index contributed by atoms with van der Waals surface area (Å²) in [5, 5.41) is 10.5. The van der Waals surface area contributed by atoms with Crippen molar-refractivity contribution in [3.05, 3.63) is 34.4 Å². The number of hydrogen-bond donors (Lipinski definition) is 0. The summed E-state index contributed by atoms with van der Waals surface area (Å²) in [6.45, 7) is 0. The van der Waals surface area contributed by atoms with Gasteiger partial charge in [0.05, 0.1) is 23.8 Å². The Kier molecular flexibility index (Phi) is 2.06. The second-order valence-electron chi connectivity index (χ2n) is 2.82. The maximum atomic E-state index is 10.5. The van der Waals surface area contributed by atoms with Gasteiger partial charge in [-0.1, -0.05) is 12.1 Å². The van der Waals surface area contributed by atoms with Crippen LogP contribution in [0.5, 0.6) is 0 Å². The first-order valence-corrected chi connectivity index (χ1v) is 4.08. The topological polar surface area (TPSA) is 67.9 Å². The molecule has 0 aliphatic carbocycles. The smallest absolute Gasteiger partial charge is 0.263 e. The molecular weight excluding hydrogens is 182 g/mol. The number of fused-ring (bicyclic) bond motifs is 1. The Hall–Kier alpha value is -2.04. The van der Waals surface area contributed by atoms with Crippen molar-refractivity contribution >= 4 is 23.8 Å². The predicted octanol–water partition coefficient (Wildman–Crippen LogP) is 1.75. The molecule has 1 aliphatic heterocycles. The zero-order chi connectivity index (χ0) is 9.97. The molecule has 1 aromatic carbocycles. The van der Waals surface area contributed by atoms with Crippen LogP contribution in [-0.4, -0.2) is 23.4 Å². The SMILES string of the molecule is O=[N+]([O-])C1C=Nc2ccccc2N=C1. The largest absolute Gasteiger partial charge is 0.282 e. The first kappa shape index (κ1) is 8.55. The molecule has 5 nitrogen and oxygen atoms in total. The van der Waals surface area contributed by atoms with Gasteiger partial charge in [-0.3, -0.25) is 20.1 Å². The summed E-state index contributed by atoms with van der Waals surface area (Å²) in [7, 11) is 0. The molecule has 1 aliphatic rings. The van der Waals surface area contributed by atoms with Gasteiger partial charge in [-0.05, 0) is 12.1 Å². The van der Waals surface area contributed by atoms with Crippen molar-refractivity contribution in [3.8, 4) is 0 Å². The summed E-state index contributed by atoms with van der Waals surface area (Å²) >= 11 is 0. The van der Waals surface area contributed by atoms with Crippen LogP contribution < -0.4 is 0 Å². The van der Waals surface area contributed by atoms with Crippen LogP contribution in [0.4, 0.5) is 11.4 Å². The van der Waals surface area contributed by atoms with Gasteiger partial charge >= 0.3 is 0 Å². The molecule has 0 bridgehead atoms. The number of nitro groups is 1. The van der Waals surface area contributed by atoms with Crippen molar-refractivity contribution in [2.45, 2.75) is 6.04 Å². The Morgan fingerprint density at radius 1 is 1.14 bits per heavy atom. The van der Waals surface area contributed by atoms with Gasteiger partial charge in [-0.15, -0.1) is 0 Å². The van der Waals surface area contributed by atoms with Crippen LogP contribution in [0.1, 0.15) is 0 Å². The molecule has 0 N–H and O–H groups in total. The third-order valence-corrected chi connectivity index (χ3v) is 1.86. The number of aliphatic imine (C=N–C) groups is 2. The van der Waals surface area contributed by atoms with Crippen molar-refractivity contribution in [3.63, 3.8) is 0 Å². The molecule has 0 spiro atoms. The second kappa shape index (κ2) is 3.37. The van der Waals surface area contributed by atoms with Crippen LogP contribution in [-0.2, 0) is 0 Å². The van der Waals surface area contributed by atoms with E-state index in [9.17, 15) is 10.1 Å². The zero-order valence-corrected chi connectivity index (χ0v) is 7.20. The highest BCUT2D eigenvalue weighted by Gasteiger charge is 2.16. The monoisotopic (exact) mass is 189 g/mol. The molecule has 0 amide bonds. The minimum Gasteiger partial charge on any atom is -0.263 e. The van der Waals surface area contributed by atoms with Gasteiger partial charge in [0, 0.05) is 4.92 Å². The molecule has 0 radical (unpaired) electrons. The van der Waals surface area contributed by atoms with Gasteiger partial charge in [0.15, 0.2) is 0 Å². The van der Waals surface area contributed by atoms with Gasteiger partial charge in [0.1, 0.15) is 0 Å². The maximum Gasteiger partial charge on any atom is 0.282 e. The fourth-order valence-corrected chi connectivity index (χ4v) is 1.14. The molecule has 0 unspecified atom stereocenters. The van der Waals surface area contributed by atoms with Gasteiger partial charge < -0.3 is 0 Å². The Bertz CT molecular complexity index is 393. The third-order valence-electron chi connectivity index (χ3n) is 1.86. The zero-order valence-electron chi connectivity index (χ0n) is 7.20. The molecule has 1 aromatic rings. The van der Waals surface area contributed by atoms with E-state index in [2.05, 4.69) is 9.98 Å². The van der Waals surface area contributed by atoms with Gasteiger partial charge in [-0.2, -0.15) is 0 Å². The molecular formula is C9H7N3O2. The van der Waals surface area contributed by atoms with Gasteiger partial charge in [0.2, 0.25) is 0 Å². The summed E-state index contributed by atoms with van der Waals surface area (Å²) in [5.41, 5.74) is 1.32. The van der Waals surface area contributed by atoms with Crippen molar-refractivity contribution in [2.75, 3.05) is 0 Å². The summed E-state index contributed by atoms with van der Waals surface area (Å²) in [4.78, 5) is 18.0. The van der Waals surface area contributed by atoms with E-state index in [1.807, 2.05) is 12.1 Å². The van der Waals surface area contributed by atoms with Crippen LogP contribution in [0.25, 0.3) is 0 Å². The lowest BCUT2D eigenvalue weighted by atomic mass is 10.3. The van der Waals surface area contributed by atoms with Gasteiger partial charge in [-0.25, -0.2) is 0 Å². The van der Waals surface area contributed by atoms with Gasteiger partial charge in [0.25, 0.3) is 6.04 Å².